The molecule has 1 N–H and O–H groups in total. The molecule has 2 aromatic rings. The van der Waals surface area contributed by atoms with Gasteiger partial charge < -0.3 is 5.32 Å². The number of carbonyl (C=O) groups is 1. The van der Waals surface area contributed by atoms with Crippen molar-refractivity contribution >= 4 is 29.3 Å². The Hall–Kier alpha value is -2.57. The van der Waals surface area contributed by atoms with Gasteiger partial charge in [-0.3, -0.25) is 4.79 Å². The number of nitrogens with one attached hydrogen (secondary N) is 1. The highest BCUT2D eigenvalue weighted by Crippen LogP contribution is 2.18. The van der Waals surface area contributed by atoms with Gasteiger partial charge in [-0.1, -0.05) is 55.8 Å². The second-order valence-corrected chi connectivity index (χ2v) is 5.89. The molecule has 2 aromatic carbocycles. The van der Waals surface area contributed by atoms with Gasteiger partial charge in [0.25, 0.3) is 5.91 Å². The smallest absolute Gasteiger partial charge is 0.266 e. The second kappa shape index (κ2) is 7.62. The quantitative estimate of drug-likeness (QED) is 0.635. The van der Waals surface area contributed by atoms with E-state index < -0.39 is 5.91 Å². The maximum atomic E-state index is 12.2. The van der Waals surface area contributed by atoms with Crippen molar-refractivity contribution in [1.82, 2.24) is 0 Å². The largest absolute Gasteiger partial charge is 0.321 e. The summed E-state index contributed by atoms with van der Waals surface area (Å²) in [6.45, 7) is 4.23. The Bertz CT molecular complexity index is 771. The molecule has 0 fully saturated rings. The molecule has 3 nitrogen and oxygen atoms in total. The Labute approximate surface area is 141 Å². The summed E-state index contributed by atoms with van der Waals surface area (Å²) < 4.78 is 0. The van der Waals surface area contributed by atoms with Crippen molar-refractivity contribution in [3.05, 3.63) is 70.3 Å². The summed E-state index contributed by atoms with van der Waals surface area (Å²) in [7, 11) is 0. The first-order valence-electron chi connectivity index (χ1n) is 7.28. The van der Waals surface area contributed by atoms with Crippen molar-refractivity contribution in [3.8, 4) is 6.07 Å². The molecule has 0 radical (unpaired) electrons. The number of rotatable bonds is 4. The Morgan fingerprint density at radius 1 is 1.22 bits per heavy atom. The van der Waals surface area contributed by atoms with E-state index in [1.165, 1.54) is 5.56 Å². The van der Waals surface area contributed by atoms with E-state index in [4.69, 9.17) is 11.6 Å². The van der Waals surface area contributed by atoms with Gasteiger partial charge in [0, 0.05) is 10.7 Å². The fourth-order valence-corrected chi connectivity index (χ4v) is 2.25. The van der Waals surface area contributed by atoms with E-state index in [1.807, 2.05) is 30.3 Å². The van der Waals surface area contributed by atoms with Gasteiger partial charge >= 0.3 is 0 Å². The van der Waals surface area contributed by atoms with Gasteiger partial charge in [0.1, 0.15) is 11.6 Å². The summed E-state index contributed by atoms with van der Waals surface area (Å²) in [5.41, 5.74) is 2.62. The van der Waals surface area contributed by atoms with Crippen molar-refractivity contribution in [3.63, 3.8) is 0 Å². The molecule has 0 atom stereocenters. The van der Waals surface area contributed by atoms with E-state index in [0.29, 0.717) is 16.6 Å². The minimum absolute atomic E-state index is 0.0438. The SMILES string of the molecule is CC(C)c1ccc(/C=C(/C#N)C(=O)Nc2cccc(Cl)c2)cc1. The lowest BCUT2D eigenvalue weighted by Crippen LogP contribution is -2.13. The first-order chi connectivity index (χ1) is 11.0. The number of hydrogen-bond donors (Lipinski definition) is 1. The molecule has 0 bridgehead atoms. The van der Waals surface area contributed by atoms with Crippen LogP contribution >= 0.6 is 11.6 Å². The van der Waals surface area contributed by atoms with Gasteiger partial charge in [-0.05, 0) is 41.3 Å². The number of halogens is 1. The number of benzene rings is 2. The second-order valence-electron chi connectivity index (χ2n) is 5.46. The van der Waals surface area contributed by atoms with Crippen LogP contribution in [0.4, 0.5) is 5.69 Å². The lowest BCUT2D eigenvalue weighted by Gasteiger charge is -2.06. The molecule has 4 heteroatoms. The van der Waals surface area contributed by atoms with Crippen molar-refractivity contribution in [2.45, 2.75) is 19.8 Å². The average Bonchev–Trinajstić information content (AvgIpc) is 2.53. The number of nitrogens with zero attached hydrogens (tertiary/aromatic N) is 1. The third-order valence-corrected chi connectivity index (χ3v) is 3.60. The first kappa shape index (κ1) is 16.8. The molecule has 0 unspecified atom stereocenters. The predicted octanol–water partition coefficient (Wildman–Crippen LogP) is 5.01. The highest BCUT2D eigenvalue weighted by atomic mass is 35.5. The monoisotopic (exact) mass is 324 g/mol. The maximum Gasteiger partial charge on any atom is 0.266 e. The Morgan fingerprint density at radius 2 is 1.91 bits per heavy atom. The molecule has 1 amide bonds. The van der Waals surface area contributed by atoms with E-state index in [-0.39, 0.29) is 5.57 Å². The fraction of sp³-hybridized carbons (Fsp3) is 0.158. The number of nitriles is 1. The van der Waals surface area contributed by atoms with Crippen LogP contribution in [-0.2, 0) is 4.79 Å². The Kier molecular flexibility index (Phi) is 5.56. The molecule has 2 rings (SSSR count). The number of carbonyl (C=O) groups excluding carboxylic acids is 1. The lowest BCUT2D eigenvalue weighted by atomic mass is 10.0. The van der Waals surface area contributed by atoms with Crippen LogP contribution in [0.15, 0.2) is 54.1 Å². The minimum atomic E-state index is -0.456. The fourth-order valence-electron chi connectivity index (χ4n) is 2.06. The summed E-state index contributed by atoms with van der Waals surface area (Å²) >= 11 is 5.88. The molecule has 0 saturated heterocycles. The topological polar surface area (TPSA) is 52.9 Å². The van der Waals surface area contributed by atoms with Gasteiger partial charge in [-0.2, -0.15) is 5.26 Å². The summed E-state index contributed by atoms with van der Waals surface area (Å²) in [5.74, 6) is -0.0164. The molecular weight excluding hydrogens is 308 g/mol. The molecule has 23 heavy (non-hydrogen) atoms. The molecule has 0 aromatic heterocycles. The van der Waals surface area contributed by atoms with Crippen molar-refractivity contribution in [2.75, 3.05) is 5.32 Å². The van der Waals surface area contributed by atoms with Gasteiger partial charge in [0.05, 0.1) is 0 Å². The van der Waals surface area contributed by atoms with Crippen LogP contribution in [0.25, 0.3) is 6.08 Å². The molecule has 0 heterocycles. The van der Waals surface area contributed by atoms with Crippen LogP contribution in [-0.4, -0.2) is 5.91 Å². The van der Waals surface area contributed by atoms with Gasteiger partial charge in [-0.15, -0.1) is 0 Å². The van der Waals surface area contributed by atoms with E-state index in [9.17, 15) is 10.1 Å². The molecule has 0 aliphatic carbocycles. The maximum absolute atomic E-state index is 12.2. The van der Waals surface area contributed by atoms with Crippen LogP contribution in [0.2, 0.25) is 5.02 Å². The van der Waals surface area contributed by atoms with E-state index >= 15 is 0 Å². The van der Waals surface area contributed by atoms with Crippen molar-refractivity contribution < 1.29 is 4.79 Å². The van der Waals surface area contributed by atoms with Crippen LogP contribution in [0, 0.1) is 11.3 Å². The van der Waals surface area contributed by atoms with Gasteiger partial charge in [0.2, 0.25) is 0 Å². The van der Waals surface area contributed by atoms with Crippen LogP contribution < -0.4 is 5.32 Å². The zero-order valence-corrected chi connectivity index (χ0v) is 13.8. The average molecular weight is 325 g/mol. The standard InChI is InChI=1S/C19H17ClN2O/c1-13(2)15-8-6-14(7-9-15)10-16(12-21)19(23)22-18-5-3-4-17(20)11-18/h3-11,13H,1-2H3,(H,22,23)/b16-10-. The van der Waals surface area contributed by atoms with Crippen molar-refractivity contribution in [1.29, 1.82) is 5.26 Å². The third-order valence-electron chi connectivity index (χ3n) is 3.36. The zero-order chi connectivity index (χ0) is 16.8. The lowest BCUT2D eigenvalue weighted by molar-refractivity contribution is -0.112. The molecule has 116 valence electrons. The van der Waals surface area contributed by atoms with Gasteiger partial charge in [-0.25, -0.2) is 0 Å². The minimum Gasteiger partial charge on any atom is -0.321 e. The highest BCUT2D eigenvalue weighted by Gasteiger charge is 2.10. The summed E-state index contributed by atoms with van der Waals surface area (Å²) in [5, 5.41) is 12.4. The zero-order valence-electron chi connectivity index (χ0n) is 13.0. The molecule has 0 saturated carbocycles. The molecule has 0 aliphatic heterocycles. The number of amides is 1. The summed E-state index contributed by atoms with van der Waals surface area (Å²) in [6.07, 6.45) is 1.57. The van der Waals surface area contributed by atoms with E-state index in [0.717, 1.165) is 5.56 Å². The van der Waals surface area contributed by atoms with Gasteiger partial charge in [0.15, 0.2) is 0 Å². The molecular formula is C19H17ClN2O. The molecule has 0 spiro atoms. The summed E-state index contributed by atoms with van der Waals surface area (Å²) in [6, 6.07) is 16.5. The number of anilines is 1. The van der Waals surface area contributed by atoms with E-state index in [1.54, 1.807) is 30.3 Å². The number of hydrogen-bond acceptors (Lipinski definition) is 2. The third kappa shape index (κ3) is 4.70. The predicted molar refractivity (Wildman–Crippen MR) is 94.2 cm³/mol. The summed E-state index contributed by atoms with van der Waals surface area (Å²) in [4.78, 5) is 12.2. The van der Waals surface area contributed by atoms with Crippen LogP contribution in [0.5, 0.6) is 0 Å². The van der Waals surface area contributed by atoms with E-state index in [2.05, 4.69) is 19.2 Å². The first-order valence-corrected chi connectivity index (χ1v) is 7.66. The van der Waals surface area contributed by atoms with Crippen molar-refractivity contribution in [2.24, 2.45) is 0 Å². The van der Waals surface area contributed by atoms with Crippen LogP contribution in [0.1, 0.15) is 30.9 Å². The molecule has 0 aliphatic rings. The highest BCUT2D eigenvalue weighted by molar-refractivity contribution is 6.31. The van der Waals surface area contributed by atoms with Crippen LogP contribution in [0.3, 0.4) is 0 Å². The normalized spacial score (nSPS) is 11.2. The Balaban J connectivity index is 2.18. The Morgan fingerprint density at radius 3 is 2.48 bits per heavy atom.